The van der Waals surface area contributed by atoms with Gasteiger partial charge < -0.3 is 10.1 Å². The van der Waals surface area contributed by atoms with Crippen molar-refractivity contribution in [2.24, 2.45) is 0 Å². The molecule has 0 aliphatic carbocycles. The first-order valence-corrected chi connectivity index (χ1v) is 8.35. The number of nitrogens with zero attached hydrogens (tertiary/aromatic N) is 1. The van der Waals surface area contributed by atoms with Crippen LogP contribution in [0.2, 0.25) is 0 Å². The molecule has 0 spiro atoms. The highest BCUT2D eigenvalue weighted by Crippen LogP contribution is 2.24. The predicted octanol–water partition coefficient (Wildman–Crippen LogP) is 3.39. The van der Waals surface area contributed by atoms with Crippen LogP contribution in [0.3, 0.4) is 0 Å². The molecule has 128 valence electrons. The van der Waals surface area contributed by atoms with E-state index in [9.17, 15) is 9.59 Å². The summed E-state index contributed by atoms with van der Waals surface area (Å²) in [5.41, 5.74) is 2.83. The van der Waals surface area contributed by atoms with E-state index >= 15 is 0 Å². The Labute approximate surface area is 151 Å². The Hall–Kier alpha value is -2.73. The lowest BCUT2D eigenvalue weighted by Gasteiger charge is -2.22. The Balaban J connectivity index is 1.59. The molecule has 3 rings (SSSR count). The van der Waals surface area contributed by atoms with Gasteiger partial charge in [0.05, 0.1) is 17.2 Å². The lowest BCUT2D eigenvalue weighted by atomic mass is 10.1. The summed E-state index contributed by atoms with van der Waals surface area (Å²) in [6.45, 7) is 3.89. The van der Waals surface area contributed by atoms with E-state index in [1.165, 1.54) is 4.90 Å². The zero-order valence-electron chi connectivity index (χ0n) is 14.0. The quantitative estimate of drug-likeness (QED) is 0.674. The summed E-state index contributed by atoms with van der Waals surface area (Å²) in [4.78, 5) is 26.1. The lowest BCUT2D eigenvalue weighted by Crippen LogP contribution is -2.41. The average molecular weight is 354 g/mol. The van der Waals surface area contributed by atoms with E-state index in [1.807, 2.05) is 31.2 Å². The molecule has 1 atom stereocenters. The molecule has 5 nitrogen and oxygen atoms in total. The minimum atomic E-state index is -0.426. The summed E-state index contributed by atoms with van der Waals surface area (Å²) < 4.78 is 5.52. The van der Waals surface area contributed by atoms with Gasteiger partial charge in [-0.15, -0.1) is 0 Å². The third-order valence-corrected chi connectivity index (χ3v) is 4.24. The summed E-state index contributed by atoms with van der Waals surface area (Å²) in [5, 5.41) is 3.18. The van der Waals surface area contributed by atoms with Gasteiger partial charge >= 0.3 is 0 Å². The molecular formula is C19H18N2O3S. The van der Waals surface area contributed by atoms with Crippen molar-refractivity contribution in [2.75, 3.05) is 11.9 Å². The Morgan fingerprint density at radius 2 is 1.64 bits per heavy atom. The number of imide groups is 1. The number of anilines is 1. The van der Waals surface area contributed by atoms with Crippen LogP contribution in [0.5, 0.6) is 0 Å². The molecule has 0 unspecified atom stereocenters. The molecule has 1 heterocycles. The summed E-state index contributed by atoms with van der Waals surface area (Å²) in [6, 6.07) is 14.1. The second kappa shape index (κ2) is 7.03. The van der Waals surface area contributed by atoms with Crippen molar-refractivity contribution in [1.29, 1.82) is 0 Å². The van der Waals surface area contributed by atoms with Crippen LogP contribution in [0.25, 0.3) is 0 Å². The van der Waals surface area contributed by atoms with E-state index in [1.54, 1.807) is 31.2 Å². The second-order valence-corrected chi connectivity index (χ2v) is 6.34. The van der Waals surface area contributed by atoms with Crippen molar-refractivity contribution in [2.45, 2.75) is 19.9 Å². The number of hydrogen-bond acceptors (Lipinski definition) is 4. The molecule has 1 N–H and O–H groups in total. The summed E-state index contributed by atoms with van der Waals surface area (Å²) in [7, 11) is 0. The fourth-order valence-corrected chi connectivity index (χ4v) is 2.86. The number of amides is 2. The first-order valence-electron chi connectivity index (χ1n) is 7.94. The first kappa shape index (κ1) is 17.1. The molecule has 25 heavy (non-hydrogen) atoms. The van der Waals surface area contributed by atoms with Gasteiger partial charge in [0.15, 0.2) is 0 Å². The monoisotopic (exact) mass is 354 g/mol. The van der Waals surface area contributed by atoms with Crippen molar-refractivity contribution < 1.29 is 14.3 Å². The van der Waals surface area contributed by atoms with Crippen LogP contribution in [0, 0.1) is 6.92 Å². The maximum Gasteiger partial charge on any atom is 0.261 e. The van der Waals surface area contributed by atoms with Crippen LogP contribution >= 0.6 is 12.2 Å². The predicted molar refractivity (Wildman–Crippen MR) is 99.8 cm³/mol. The van der Waals surface area contributed by atoms with Crippen molar-refractivity contribution in [3.63, 3.8) is 0 Å². The standard InChI is InChI=1S/C19H18N2O3S/c1-12-7-9-14(10-8-12)20-19(25)24-11-13(2)21-17(22)15-5-3-4-6-16(15)18(21)23/h3-10,13H,11H2,1-2H3,(H,20,25)/t13-/m1/s1. The molecule has 6 heteroatoms. The number of ether oxygens (including phenoxy) is 1. The van der Waals surface area contributed by atoms with Gasteiger partial charge in [-0.05, 0) is 50.3 Å². The molecule has 1 aliphatic heterocycles. The van der Waals surface area contributed by atoms with Crippen LogP contribution in [-0.2, 0) is 4.74 Å². The maximum absolute atomic E-state index is 12.4. The number of hydrogen-bond donors (Lipinski definition) is 1. The smallest absolute Gasteiger partial charge is 0.261 e. The zero-order valence-corrected chi connectivity index (χ0v) is 14.8. The Morgan fingerprint density at radius 1 is 1.08 bits per heavy atom. The van der Waals surface area contributed by atoms with Gasteiger partial charge in [0.2, 0.25) is 0 Å². The van der Waals surface area contributed by atoms with Crippen LogP contribution in [0.15, 0.2) is 48.5 Å². The number of carbonyl (C=O) groups is 2. The van der Waals surface area contributed by atoms with E-state index in [4.69, 9.17) is 17.0 Å². The molecule has 0 fully saturated rings. The number of rotatable bonds is 4. The number of fused-ring (bicyclic) bond motifs is 1. The molecule has 2 aromatic rings. The Kier molecular flexibility index (Phi) is 4.81. The van der Waals surface area contributed by atoms with Crippen LogP contribution < -0.4 is 5.32 Å². The number of carbonyl (C=O) groups excluding carboxylic acids is 2. The second-order valence-electron chi connectivity index (χ2n) is 5.96. The van der Waals surface area contributed by atoms with Gasteiger partial charge in [-0.2, -0.15) is 0 Å². The summed E-state index contributed by atoms with van der Waals surface area (Å²) in [5.74, 6) is -0.594. The average Bonchev–Trinajstić information content (AvgIpc) is 2.86. The summed E-state index contributed by atoms with van der Waals surface area (Å²) in [6.07, 6.45) is 0. The molecule has 0 radical (unpaired) electrons. The third kappa shape index (κ3) is 3.53. The minimum absolute atomic E-state index is 0.128. The molecule has 2 aromatic carbocycles. The zero-order chi connectivity index (χ0) is 18.0. The van der Waals surface area contributed by atoms with E-state index in [-0.39, 0.29) is 23.6 Å². The molecule has 0 bridgehead atoms. The minimum Gasteiger partial charge on any atom is -0.469 e. The molecule has 0 aromatic heterocycles. The van der Waals surface area contributed by atoms with E-state index in [2.05, 4.69) is 5.32 Å². The van der Waals surface area contributed by atoms with Crippen LogP contribution in [0.1, 0.15) is 33.2 Å². The molecule has 1 aliphatic rings. The van der Waals surface area contributed by atoms with E-state index in [0.29, 0.717) is 11.1 Å². The Bertz CT molecular complexity index is 798. The van der Waals surface area contributed by atoms with Gasteiger partial charge in [0.1, 0.15) is 6.61 Å². The van der Waals surface area contributed by atoms with Crippen molar-refractivity contribution in [3.05, 3.63) is 65.2 Å². The highest BCUT2D eigenvalue weighted by molar-refractivity contribution is 7.80. The fraction of sp³-hybridized carbons (Fsp3) is 0.211. The normalized spacial score (nSPS) is 14.2. The highest BCUT2D eigenvalue weighted by atomic mass is 32.1. The van der Waals surface area contributed by atoms with E-state index < -0.39 is 6.04 Å². The van der Waals surface area contributed by atoms with Gasteiger partial charge in [-0.3, -0.25) is 14.5 Å². The fourth-order valence-electron chi connectivity index (χ4n) is 2.67. The number of thiocarbonyl (C=S) groups is 1. The SMILES string of the molecule is Cc1ccc(NC(=S)OC[C@@H](C)N2C(=O)c3ccccc3C2=O)cc1. The van der Waals surface area contributed by atoms with Crippen molar-refractivity contribution >= 4 is 34.9 Å². The van der Waals surface area contributed by atoms with Gasteiger partial charge in [-0.25, -0.2) is 0 Å². The number of benzene rings is 2. The largest absolute Gasteiger partial charge is 0.469 e. The third-order valence-electron chi connectivity index (χ3n) is 4.02. The lowest BCUT2D eigenvalue weighted by molar-refractivity contribution is 0.0546. The van der Waals surface area contributed by atoms with E-state index in [0.717, 1.165) is 11.3 Å². The van der Waals surface area contributed by atoms with Crippen LogP contribution in [-0.4, -0.2) is 34.5 Å². The molecular weight excluding hydrogens is 336 g/mol. The molecule has 0 saturated carbocycles. The maximum atomic E-state index is 12.4. The van der Waals surface area contributed by atoms with Gasteiger partial charge in [-0.1, -0.05) is 29.8 Å². The Morgan fingerprint density at radius 3 is 2.20 bits per heavy atom. The van der Waals surface area contributed by atoms with Crippen LogP contribution in [0.4, 0.5) is 5.69 Å². The molecule has 0 saturated heterocycles. The number of aryl methyl sites for hydroxylation is 1. The first-order chi connectivity index (χ1) is 12.0. The van der Waals surface area contributed by atoms with Gasteiger partial charge in [0.25, 0.3) is 17.0 Å². The van der Waals surface area contributed by atoms with Crippen molar-refractivity contribution in [1.82, 2.24) is 4.90 Å². The van der Waals surface area contributed by atoms with Gasteiger partial charge in [0, 0.05) is 5.69 Å². The van der Waals surface area contributed by atoms with Crippen molar-refractivity contribution in [3.8, 4) is 0 Å². The molecule has 2 amide bonds. The highest BCUT2D eigenvalue weighted by Gasteiger charge is 2.38. The number of nitrogens with one attached hydrogen (secondary N) is 1. The topological polar surface area (TPSA) is 58.6 Å². The summed E-state index contributed by atoms with van der Waals surface area (Å²) >= 11 is 5.17.